The number of nitrogens with one attached hydrogen (secondary N) is 1. The molecule has 0 bridgehead atoms. The topological polar surface area (TPSA) is 45.5 Å². The van der Waals surface area contributed by atoms with Crippen molar-refractivity contribution in [2.45, 2.75) is 19.4 Å². The lowest BCUT2D eigenvalue weighted by Gasteiger charge is -2.21. The molecule has 1 unspecified atom stereocenters. The van der Waals surface area contributed by atoms with Crippen LogP contribution < -0.4 is 5.32 Å². The van der Waals surface area contributed by atoms with Crippen LogP contribution in [0, 0.1) is 11.7 Å². The molecule has 0 amide bonds. The molecule has 0 radical (unpaired) electrons. The minimum absolute atomic E-state index is 0.173. The van der Waals surface area contributed by atoms with Crippen molar-refractivity contribution in [3.05, 3.63) is 54.1 Å². The van der Waals surface area contributed by atoms with Crippen LogP contribution >= 0.6 is 0 Å². The average Bonchev–Trinajstić information content (AvgIpc) is 3.26. The fraction of sp³-hybridized carbons (Fsp3) is 0.444. The van der Waals surface area contributed by atoms with Crippen LogP contribution in [0.1, 0.15) is 12.0 Å². The molecule has 1 aliphatic rings. The Kier molecular flexibility index (Phi) is 5.46. The molecule has 2 aromatic rings. The summed E-state index contributed by atoms with van der Waals surface area (Å²) in [6.07, 6.45) is 5.87. The average molecular weight is 329 g/mol. The van der Waals surface area contributed by atoms with Gasteiger partial charge in [0.25, 0.3) is 0 Å². The minimum Gasteiger partial charge on any atom is -0.354 e. The van der Waals surface area contributed by atoms with Crippen LogP contribution in [0.25, 0.3) is 0 Å². The van der Waals surface area contributed by atoms with Gasteiger partial charge in [-0.2, -0.15) is 5.10 Å². The molecular weight excluding hydrogens is 305 g/mol. The molecule has 0 aliphatic carbocycles. The van der Waals surface area contributed by atoms with Gasteiger partial charge in [-0.05, 0) is 42.5 Å². The summed E-state index contributed by atoms with van der Waals surface area (Å²) in [5.74, 6) is 1.36. The molecule has 1 fully saturated rings. The zero-order valence-electron chi connectivity index (χ0n) is 14.0. The molecule has 1 saturated heterocycles. The molecule has 3 rings (SSSR count). The van der Waals surface area contributed by atoms with Crippen molar-refractivity contribution >= 4 is 5.96 Å². The van der Waals surface area contributed by atoms with Gasteiger partial charge in [-0.25, -0.2) is 4.39 Å². The summed E-state index contributed by atoms with van der Waals surface area (Å²) in [7, 11) is 1.82. The summed E-state index contributed by atoms with van der Waals surface area (Å²) < 4.78 is 14.9. The lowest BCUT2D eigenvalue weighted by molar-refractivity contribution is 0.455. The largest absolute Gasteiger partial charge is 0.354 e. The van der Waals surface area contributed by atoms with Gasteiger partial charge in [0.15, 0.2) is 5.96 Å². The Morgan fingerprint density at radius 3 is 2.92 bits per heavy atom. The van der Waals surface area contributed by atoms with Crippen LogP contribution in [0.5, 0.6) is 0 Å². The maximum Gasteiger partial charge on any atom is 0.193 e. The first kappa shape index (κ1) is 16.5. The SMILES string of the molecule is CN=C(NCCn1cccn1)N1CCC(Cc2ccc(F)cc2)C1. The van der Waals surface area contributed by atoms with Crippen LogP contribution in [0.4, 0.5) is 4.39 Å². The lowest BCUT2D eigenvalue weighted by atomic mass is 9.99. The first-order chi connectivity index (χ1) is 11.7. The van der Waals surface area contributed by atoms with Gasteiger partial charge >= 0.3 is 0 Å². The van der Waals surface area contributed by atoms with Crippen LogP contribution in [-0.4, -0.2) is 47.3 Å². The summed E-state index contributed by atoms with van der Waals surface area (Å²) in [5.41, 5.74) is 1.20. The third-order valence-electron chi connectivity index (χ3n) is 4.42. The summed E-state index contributed by atoms with van der Waals surface area (Å²) in [6.45, 7) is 3.61. The van der Waals surface area contributed by atoms with E-state index in [1.54, 1.807) is 6.20 Å². The molecule has 1 atom stereocenters. The highest BCUT2D eigenvalue weighted by Crippen LogP contribution is 2.21. The Morgan fingerprint density at radius 2 is 2.21 bits per heavy atom. The molecule has 1 aliphatic heterocycles. The first-order valence-electron chi connectivity index (χ1n) is 8.42. The zero-order chi connectivity index (χ0) is 16.8. The Bertz CT molecular complexity index is 651. The van der Waals surface area contributed by atoms with E-state index in [0.717, 1.165) is 45.0 Å². The van der Waals surface area contributed by atoms with Gasteiger partial charge in [0.05, 0.1) is 6.54 Å². The highest BCUT2D eigenvalue weighted by atomic mass is 19.1. The molecule has 1 aromatic carbocycles. The summed E-state index contributed by atoms with van der Waals surface area (Å²) in [6, 6.07) is 8.77. The molecule has 0 spiro atoms. The van der Waals surface area contributed by atoms with Gasteiger partial charge in [0.2, 0.25) is 0 Å². The second-order valence-electron chi connectivity index (χ2n) is 6.17. The predicted octanol–water partition coefficient (Wildman–Crippen LogP) is 2.16. The molecule has 1 N–H and O–H groups in total. The van der Waals surface area contributed by atoms with Crippen LogP contribution in [0.3, 0.4) is 0 Å². The number of halogens is 1. The normalized spacial score (nSPS) is 18.2. The number of hydrogen-bond acceptors (Lipinski definition) is 2. The smallest absolute Gasteiger partial charge is 0.193 e. The van der Waals surface area contributed by atoms with Crippen LogP contribution in [0.15, 0.2) is 47.7 Å². The van der Waals surface area contributed by atoms with Crippen LogP contribution in [-0.2, 0) is 13.0 Å². The Morgan fingerprint density at radius 1 is 1.38 bits per heavy atom. The van der Waals surface area contributed by atoms with E-state index in [9.17, 15) is 4.39 Å². The Balaban J connectivity index is 1.47. The van der Waals surface area contributed by atoms with E-state index in [4.69, 9.17) is 0 Å². The maximum atomic E-state index is 13.0. The quantitative estimate of drug-likeness (QED) is 0.675. The van der Waals surface area contributed by atoms with Gasteiger partial charge in [-0.1, -0.05) is 12.1 Å². The molecule has 1 aromatic heterocycles. The molecule has 0 saturated carbocycles. The van der Waals surface area contributed by atoms with Gasteiger partial charge in [0, 0.05) is 39.1 Å². The summed E-state index contributed by atoms with van der Waals surface area (Å²) in [5, 5.41) is 7.61. The Labute approximate surface area is 142 Å². The highest BCUT2D eigenvalue weighted by Gasteiger charge is 2.24. The summed E-state index contributed by atoms with van der Waals surface area (Å²) >= 11 is 0. The van der Waals surface area contributed by atoms with Gasteiger partial charge < -0.3 is 10.2 Å². The summed E-state index contributed by atoms with van der Waals surface area (Å²) in [4.78, 5) is 6.70. The number of nitrogens with zero attached hydrogens (tertiary/aromatic N) is 4. The van der Waals surface area contributed by atoms with E-state index in [-0.39, 0.29) is 5.82 Å². The van der Waals surface area contributed by atoms with Gasteiger partial charge in [-0.15, -0.1) is 0 Å². The van der Waals surface area contributed by atoms with Crippen molar-refractivity contribution in [2.24, 2.45) is 10.9 Å². The third kappa shape index (κ3) is 4.34. The predicted molar refractivity (Wildman–Crippen MR) is 93.4 cm³/mol. The number of aliphatic imine (C=N–C) groups is 1. The van der Waals surface area contributed by atoms with Gasteiger partial charge in [0.1, 0.15) is 5.82 Å². The number of likely N-dealkylation sites (tertiary alicyclic amines) is 1. The minimum atomic E-state index is -0.173. The van der Waals surface area contributed by atoms with E-state index in [2.05, 4.69) is 20.3 Å². The van der Waals surface area contributed by atoms with E-state index < -0.39 is 0 Å². The van der Waals surface area contributed by atoms with Crippen molar-refractivity contribution in [3.8, 4) is 0 Å². The Hall–Kier alpha value is -2.37. The lowest BCUT2D eigenvalue weighted by Crippen LogP contribution is -2.41. The molecule has 6 heteroatoms. The first-order valence-corrected chi connectivity index (χ1v) is 8.42. The van der Waals surface area contributed by atoms with E-state index in [1.165, 1.54) is 17.7 Å². The van der Waals surface area contributed by atoms with Gasteiger partial charge in [-0.3, -0.25) is 9.67 Å². The van der Waals surface area contributed by atoms with Crippen LogP contribution in [0.2, 0.25) is 0 Å². The standard InChI is InChI=1S/C18H24FN5/c1-20-18(21-9-12-24-10-2-8-22-24)23-11-7-16(14-23)13-15-3-5-17(19)6-4-15/h2-6,8,10,16H,7,9,11-14H2,1H3,(H,20,21). The van der Waals surface area contributed by atoms with Crippen molar-refractivity contribution in [2.75, 3.05) is 26.7 Å². The van der Waals surface area contributed by atoms with E-state index in [0.29, 0.717) is 5.92 Å². The molecule has 24 heavy (non-hydrogen) atoms. The molecule has 5 nitrogen and oxygen atoms in total. The fourth-order valence-electron chi connectivity index (χ4n) is 3.19. The monoisotopic (exact) mass is 329 g/mol. The maximum absolute atomic E-state index is 13.0. The number of aromatic nitrogens is 2. The zero-order valence-corrected chi connectivity index (χ0v) is 14.0. The molecular formula is C18H24FN5. The van der Waals surface area contributed by atoms with Crippen molar-refractivity contribution < 1.29 is 4.39 Å². The van der Waals surface area contributed by atoms with E-state index in [1.807, 2.05) is 36.1 Å². The van der Waals surface area contributed by atoms with Crippen molar-refractivity contribution in [3.63, 3.8) is 0 Å². The molecule has 2 heterocycles. The third-order valence-corrected chi connectivity index (χ3v) is 4.42. The second kappa shape index (κ2) is 7.95. The number of hydrogen-bond donors (Lipinski definition) is 1. The number of guanidine groups is 1. The number of rotatable bonds is 5. The molecule has 128 valence electrons. The van der Waals surface area contributed by atoms with E-state index >= 15 is 0 Å². The van der Waals surface area contributed by atoms with Crippen molar-refractivity contribution in [1.29, 1.82) is 0 Å². The highest BCUT2D eigenvalue weighted by molar-refractivity contribution is 5.80. The van der Waals surface area contributed by atoms with Crippen molar-refractivity contribution in [1.82, 2.24) is 20.0 Å². The second-order valence-corrected chi connectivity index (χ2v) is 6.17. The fourth-order valence-corrected chi connectivity index (χ4v) is 3.19. The number of benzene rings is 1.